The minimum atomic E-state index is 0.247. The average molecular weight is 240 g/mol. The Balaban J connectivity index is 1.95. The molecule has 0 fully saturated rings. The summed E-state index contributed by atoms with van der Waals surface area (Å²) in [6.45, 7) is 1.99. The normalized spacial score (nSPS) is 10.7. The number of hydrogen-bond acceptors (Lipinski definition) is 5. The molecule has 0 spiro atoms. The number of fused-ring (bicyclic) bond motifs is 1. The summed E-state index contributed by atoms with van der Waals surface area (Å²) in [7, 11) is 0. The molecule has 0 saturated carbocycles. The predicted molar refractivity (Wildman–Crippen MR) is 70.6 cm³/mol. The van der Waals surface area contributed by atoms with E-state index in [2.05, 4.69) is 25.5 Å². The van der Waals surface area contributed by atoms with E-state index in [1.165, 1.54) is 0 Å². The zero-order valence-corrected chi connectivity index (χ0v) is 9.81. The van der Waals surface area contributed by atoms with E-state index >= 15 is 0 Å². The number of nitrogens with zero attached hydrogens (tertiary/aromatic N) is 3. The van der Waals surface area contributed by atoms with Crippen molar-refractivity contribution < 1.29 is 0 Å². The lowest BCUT2D eigenvalue weighted by atomic mass is 10.2. The molecule has 0 saturated heterocycles. The Labute approximate surface area is 103 Å². The van der Waals surface area contributed by atoms with E-state index < -0.39 is 0 Å². The van der Waals surface area contributed by atoms with Gasteiger partial charge in [-0.15, -0.1) is 0 Å². The van der Waals surface area contributed by atoms with Gasteiger partial charge in [-0.05, 0) is 31.2 Å². The predicted octanol–water partition coefficient (Wildman–Crippen LogP) is 1.99. The number of aromatic amines is 1. The molecule has 0 radical (unpaired) electrons. The van der Waals surface area contributed by atoms with Crippen LogP contribution in [0.1, 0.15) is 5.69 Å². The van der Waals surface area contributed by atoms with Crippen molar-refractivity contribution in [2.45, 2.75) is 6.92 Å². The SMILES string of the molecule is Cc1[nH]nc2cc(Nc3ccnc(N)n3)ccc12. The van der Waals surface area contributed by atoms with Crippen LogP contribution in [0.25, 0.3) is 10.9 Å². The van der Waals surface area contributed by atoms with Crippen LogP contribution in [0.2, 0.25) is 0 Å². The first-order valence-corrected chi connectivity index (χ1v) is 5.52. The lowest BCUT2D eigenvalue weighted by Gasteiger charge is -2.05. The molecule has 3 aromatic rings. The van der Waals surface area contributed by atoms with E-state index in [1.54, 1.807) is 12.3 Å². The number of aryl methyl sites for hydroxylation is 1. The highest BCUT2D eigenvalue weighted by Crippen LogP contribution is 2.21. The number of nitrogen functional groups attached to an aromatic ring is 1. The van der Waals surface area contributed by atoms with E-state index in [0.717, 1.165) is 22.3 Å². The van der Waals surface area contributed by atoms with Crippen molar-refractivity contribution in [3.05, 3.63) is 36.2 Å². The van der Waals surface area contributed by atoms with Gasteiger partial charge in [0.1, 0.15) is 5.82 Å². The van der Waals surface area contributed by atoms with E-state index in [9.17, 15) is 0 Å². The number of nitrogens with one attached hydrogen (secondary N) is 2. The molecule has 0 amide bonds. The fourth-order valence-electron chi connectivity index (χ4n) is 1.81. The van der Waals surface area contributed by atoms with Crippen LogP contribution >= 0.6 is 0 Å². The summed E-state index contributed by atoms with van der Waals surface area (Å²) in [6, 6.07) is 7.71. The Bertz CT molecular complexity index is 703. The van der Waals surface area contributed by atoms with Gasteiger partial charge in [-0.3, -0.25) is 5.10 Å². The molecule has 6 heteroatoms. The van der Waals surface area contributed by atoms with Crippen LogP contribution in [0, 0.1) is 6.92 Å². The Morgan fingerprint density at radius 1 is 1.28 bits per heavy atom. The van der Waals surface area contributed by atoms with Gasteiger partial charge < -0.3 is 11.1 Å². The maximum Gasteiger partial charge on any atom is 0.221 e. The van der Waals surface area contributed by atoms with E-state index in [-0.39, 0.29) is 5.95 Å². The van der Waals surface area contributed by atoms with Crippen LogP contribution in [0.15, 0.2) is 30.5 Å². The van der Waals surface area contributed by atoms with Gasteiger partial charge in [0, 0.05) is 23.0 Å². The number of benzene rings is 1. The standard InChI is InChI=1S/C12H12N6/c1-7-9-3-2-8(6-10(9)18-17-7)15-11-4-5-14-12(13)16-11/h2-6H,1H3,(H,17,18)(H3,13,14,15,16). The zero-order valence-electron chi connectivity index (χ0n) is 9.81. The van der Waals surface area contributed by atoms with Gasteiger partial charge in [-0.2, -0.15) is 10.1 Å². The average Bonchev–Trinajstić information content (AvgIpc) is 2.71. The van der Waals surface area contributed by atoms with Crippen LogP contribution in [0.3, 0.4) is 0 Å². The Hall–Kier alpha value is -2.63. The lowest BCUT2D eigenvalue weighted by molar-refractivity contribution is 1.07. The number of rotatable bonds is 2. The smallest absolute Gasteiger partial charge is 0.221 e. The highest BCUT2D eigenvalue weighted by molar-refractivity contribution is 5.85. The molecular weight excluding hydrogens is 228 g/mol. The van der Waals surface area contributed by atoms with Crippen molar-refractivity contribution in [3.8, 4) is 0 Å². The molecule has 0 aliphatic carbocycles. The Kier molecular flexibility index (Phi) is 2.33. The molecule has 18 heavy (non-hydrogen) atoms. The quantitative estimate of drug-likeness (QED) is 0.637. The molecule has 6 nitrogen and oxygen atoms in total. The second-order valence-corrected chi connectivity index (χ2v) is 4.01. The second-order valence-electron chi connectivity index (χ2n) is 4.01. The minimum absolute atomic E-state index is 0.247. The van der Waals surface area contributed by atoms with Gasteiger partial charge in [0.15, 0.2) is 0 Å². The third-order valence-corrected chi connectivity index (χ3v) is 2.69. The molecule has 0 bridgehead atoms. The van der Waals surface area contributed by atoms with E-state index in [0.29, 0.717) is 5.82 Å². The highest BCUT2D eigenvalue weighted by atomic mass is 15.1. The zero-order chi connectivity index (χ0) is 12.5. The minimum Gasteiger partial charge on any atom is -0.368 e. The third kappa shape index (κ3) is 1.84. The second kappa shape index (κ2) is 3.99. The molecule has 0 aliphatic heterocycles. The molecule has 2 heterocycles. The molecule has 2 aromatic heterocycles. The largest absolute Gasteiger partial charge is 0.368 e. The summed E-state index contributed by atoms with van der Waals surface area (Å²) in [5.74, 6) is 0.908. The number of anilines is 3. The number of nitrogens with two attached hydrogens (primary N) is 1. The summed E-state index contributed by atoms with van der Waals surface area (Å²) in [5, 5.41) is 11.4. The van der Waals surface area contributed by atoms with Gasteiger partial charge in [0.25, 0.3) is 0 Å². The molecule has 0 unspecified atom stereocenters. The first-order valence-electron chi connectivity index (χ1n) is 5.52. The maximum atomic E-state index is 5.53. The Morgan fingerprint density at radius 2 is 2.17 bits per heavy atom. The third-order valence-electron chi connectivity index (χ3n) is 2.69. The molecular formula is C12H12N6. The lowest BCUT2D eigenvalue weighted by Crippen LogP contribution is -1.98. The molecule has 4 N–H and O–H groups in total. The summed E-state index contributed by atoms with van der Waals surface area (Å²) in [5.41, 5.74) is 8.41. The Morgan fingerprint density at radius 3 is 3.00 bits per heavy atom. The molecule has 90 valence electrons. The van der Waals surface area contributed by atoms with Gasteiger partial charge in [0.05, 0.1) is 5.52 Å². The fourth-order valence-corrected chi connectivity index (χ4v) is 1.81. The van der Waals surface area contributed by atoms with Crippen molar-refractivity contribution in [1.82, 2.24) is 20.2 Å². The number of aromatic nitrogens is 4. The first kappa shape index (κ1) is 10.5. The molecule has 1 aromatic carbocycles. The van der Waals surface area contributed by atoms with E-state index in [4.69, 9.17) is 5.73 Å². The first-order chi connectivity index (χ1) is 8.72. The van der Waals surface area contributed by atoms with Crippen molar-refractivity contribution in [1.29, 1.82) is 0 Å². The van der Waals surface area contributed by atoms with Crippen LogP contribution in [-0.4, -0.2) is 20.2 Å². The number of H-pyrrole nitrogens is 1. The van der Waals surface area contributed by atoms with Gasteiger partial charge in [-0.25, -0.2) is 4.98 Å². The van der Waals surface area contributed by atoms with Crippen molar-refractivity contribution in [3.63, 3.8) is 0 Å². The fraction of sp³-hybridized carbons (Fsp3) is 0.0833. The maximum absolute atomic E-state index is 5.53. The van der Waals surface area contributed by atoms with Crippen LogP contribution in [0.4, 0.5) is 17.5 Å². The van der Waals surface area contributed by atoms with Gasteiger partial charge in [-0.1, -0.05) is 0 Å². The van der Waals surface area contributed by atoms with Gasteiger partial charge >= 0.3 is 0 Å². The van der Waals surface area contributed by atoms with Crippen LogP contribution in [-0.2, 0) is 0 Å². The van der Waals surface area contributed by atoms with E-state index in [1.807, 2.05) is 25.1 Å². The molecule has 0 aliphatic rings. The monoisotopic (exact) mass is 240 g/mol. The summed E-state index contributed by atoms with van der Waals surface area (Å²) < 4.78 is 0. The topological polar surface area (TPSA) is 92.5 Å². The van der Waals surface area contributed by atoms with Crippen LogP contribution in [0.5, 0.6) is 0 Å². The highest BCUT2D eigenvalue weighted by Gasteiger charge is 2.03. The van der Waals surface area contributed by atoms with Crippen molar-refractivity contribution in [2.75, 3.05) is 11.1 Å². The number of hydrogen-bond donors (Lipinski definition) is 3. The summed E-state index contributed by atoms with van der Waals surface area (Å²) in [4.78, 5) is 7.93. The van der Waals surface area contributed by atoms with Crippen molar-refractivity contribution >= 4 is 28.4 Å². The van der Waals surface area contributed by atoms with Crippen molar-refractivity contribution in [2.24, 2.45) is 0 Å². The summed E-state index contributed by atoms with van der Waals surface area (Å²) >= 11 is 0. The summed E-state index contributed by atoms with van der Waals surface area (Å²) in [6.07, 6.45) is 1.61. The van der Waals surface area contributed by atoms with Gasteiger partial charge in [0.2, 0.25) is 5.95 Å². The molecule has 0 atom stereocenters. The van der Waals surface area contributed by atoms with Crippen LogP contribution < -0.4 is 11.1 Å². The molecule has 3 rings (SSSR count).